The highest BCUT2D eigenvalue weighted by molar-refractivity contribution is 5.74. The van der Waals surface area contributed by atoms with E-state index in [1.807, 2.05) is 36.4 Å². The maximum Gasteiger partial charge on any atom is 0.318 e. The van der Waals surface area contributed by atoms with Crippen LogP contribution in [0.2, 0.25) is 0 Å². The lowest BCUT2D eigenvalue weighted by Gasteiger charge is -2.28. The Morgan fingerprint density at radius 1 is 1.36 bits per heavy atom. The number of hydrogen-bond acceptors (Lipinski definition) is 3. The third-order valence-corrected chi connectivity index (χ3v) is 4.91. The molecule has 0 aliphatic carbocycles. The van der Waals surface area contributed by atoms with Gasteiger partial charge in [0.05, 0.1) is 12.3 Å². The first-order valence-corrected chi connectivity index (χ1v) is 9.31. The number of nitrogens with one attached hydrogen (secondary N) is 1. The Labute approximate surface area is 149 Å². The van der Waals surface area contributed by atoms with Crippen molar-refractivity contribution in [2.75, 3.05) is 13.1 Å². The molecule has 25 heavy (non-hydrogen) atoms. The Balaban J connectivity index is 1.46. The number of likely N-dealkylation sites (tertiary alicyclic amines) is 1. The van der Waals surface area contributed by atoms with Crippen molar-refractivity contribution in [1.82, 2.24) is 19.8 Å². The number of carbonyl (C=O) groups is 1. The number of aromatic nitrogens is 2. The number of unbranched alkanes of at least 4 members (excludes halogenated alkanes) is 1. The maximum atomic E-state index is 12.7. The average molecular weight is 344 g/mol. The van der Waals surface area contributed by atoms with Crippen molar-refractivity contribution in [1.29, 1.82) is 0 Å². The third kappa shape index (κ3) is 4.65. The van der Waals surface area contributed by atoms with Crippen molar-refractivity contribution in [3.63, 3.8) is 0 Å². The molecule has 1 aliphatic heterocycles. The highest BCUT2D eigenvalue weighted by Crippen LogP contribution is 2.30. The summed E-state index contributed by atoms with van der Waals surface area (Å²) in [6.45, 7) is 4.45. The SMILES string of the molecule is Cc1nccn1CCCCNC(=O)N1CCCCC[C@@H]1c1ccco1. The van der Waals surface area contributed by atoms with E-state index in [0.29, 0.717) is 6.54 Å². The van der Waals surface area contributed by atoms with Crippen molar-refractivity contribution < 1.29 is 9.21 Å². The maximum absolute atomic E-state index is 12.7. The summed E-state index contributed by atoms with van der Waals surface area (Å²) in [6.07, 6.45) is 11.8. The van der Waals surface area contributed by atoms with Crippen LogP contribution in [-0.4, -0.2) is 33.6 Å². The van der Waals surface area contributed by atoms with Crippen LogP contribution in [0.25, 0.3) is 0 Å². The number of aryl methyl sites for hydroxylation is 2. The van der Waals surface area contributed by atoms with Gasteiger partial charge in [0, 0.05) is 32.0 Å². The van der Waals surface area contributed by atoms with Gasteiger partial charge in [-0.25, -0.2) is 9.78 Å². The van der Waals surface area contributed by atoms with E-state index >= 15 is 0 Å². The summed E-state index contributed by atoms with van der Waals surface area (Å²) in [6, 6.07) is 3.96. The molecule has 0 saturated carbocycles. The lowest BCUT2D eigenvalue weighted by atomic mass is 10.1. The molecule has 1 fully saturated rings. The van der Waals surface area contributed by atoms with Gasteiger partial charge in [-0.15, -0.1) is 0 Å². The van der Waals surface area contributed by atoms with Gasteiger partial charge in [-0.1, -0.05) is 12.8 Å². The molecule has 2 amide bonds. The predicted molar refractivity (Wildman–Crippen MR) is 96.2 cm³/mol. The number of amides is 2. The second-order valence-electron chi connectivity index (χ2n) is 6.68. The van der Waals surface area contributed by atoms with Gasteiger partial charge >= 0.3 is 6.03 Å². The summed E-state index contributed by atoms with van der Waals surface area (Å²) < 4.78 is 7.72. The van der Waals surface area contributed by atoms with Gasteiger partial charge in [-0.05, 0) is 44.7 Å². The molecule has 6 nitrogen and oxygen atoms in total. The van der Waals surface area contributed by atoms with Crippen molar-refractivity contribution in [2.45, 2.75) is 58.0 Å². The van der Waals surface area contributed by atoms with E-state index in [9.17, 15) is 4.79 Å². The standard InChI is InChI=1S/C19H28N4O2/c1-16-20-11-14-22(16)12-6-4-10-21-19(24)23-13-5-2-3-8-17(23)18-9-7-15-25-18/h7,9,11,14-15,17H,2-6,8,10,12-13H2,1H3,(H,21,24)/t17-/m1/s1. The number of carbonyl (C=O) groups excluding carboxylic acids is 1. The fourth-order valence-corrected chi connectivity index (χ4v) is 3.47. The molecular formula is C19H28N4O2. The molecule has 0 spiro atoms. The van der Waals surface area contributed by atoms with Crippen LogP contribution >= 0.6 is 0 Å². The Bertz CT molecular complexity index is 650. The number of nitrogens with zero attached hydrogens (tertiary/aromatic N) is 3. The summed E-state index contributed by atoms with van der Waals surface area (Å²) in [5.74, 6) is 1.93. The van der Waals surface area contributed by atoms with Crippen molar-refractivity contribution in [3.05, 3.63) is 42.4 Å². The molecule has 136 valence electrons. The van der Waals surface area contributed by atoms with E-state index in [4.69, 9.17) is 4.42 Å². The van der Waals surface area contributed by atoms with E-state index in [1.165, 1.54) is 6.42 Å². The van der Waals surface area contributed by atoms with Gasteiger partial charge in [0.1, 0.15) is 11.6 Å². The molecule has 0 aromatic carbocycles. The zero-order valence-electron chi connectivity index (χ0n) is 15.0. The topological polar surface area (TPSA) is 63.3 Å². The molecule has 0 radical (unpaired) electrons. The summed E-state index contributed by atoms with van der Waals surface area (Å²) in [4.78, 5) is 18.8. The van der Waals surface area contributed by atoms with Gasteiger partial charge in [0.2, 0.25) is 0 Å². The Morgan fingerprint density at radius 2 is 2.28 bits per heavy atom. The number of furan rings is 1. The van der Waals surface area contributed by atoms with Gasteiger partial charge < -0.3 is 19.2 Å². The summed E-state index contributed by atoms with van der Waals surface area (Å²) in [7, 11) is 0. The minimum absolute atomic E-state index is 0.0297. The minimum atomic E-state index is 0.0297. The van der Waals surface area contributed by atoms with Gasteiger partial charge in [-0.3, -0.25) is 0 Å². The van der Waals surface area contributed by atoms with Crippen LogP contribution in [0, 0.1) is 6.92 Å². The molecular weight excluding hydrogens is 316 g/mol. The van der Waals surface area contributed by atoms with Crippen molar-refractivity contribution in [2.24, 2.45) is 0 Å². The molecule has 3 rings (SSSR count). The molecule has 2 aromatic rings. The lowest BCUT2D eigenvalue weighted by Crippen LogP contribution is -2.42. The Hall–Kier alpha value is -2.24. The quantitative estimate of drug-likeness (QED) is 0.809. The number of rotatable bonds is 6. The third-order valence-electron chi connectivity index (χ3n) is 4.91. The highest BCUT2D eigenvalue weighted by Gasteiger charge is 2.28. The summed E-state index contributed by atoms with van der Waals surface area (Å²) in [5, 5.41) is 3.09. The number of imidazole rings is 1. The molecule has 6 heteroatoms. The smallest absolute Gasteiger partial charge is 0.318 e. The molecule has 2 aromatic heterocycles. The first-order chi connectivity index (χ1) is 12.3. The lowest BCUT2D eigenvalue weighted by molar-refractivity contribution is 0.166. The zero-order chi connectivity index (χ0) is 17.5. The van der Waals surface area contributed by atoms with E-state index in [-0.39, 0.29) is 12.1 Å². The van der Waals surface area contributed by atoms with Gasteiger partial charge in [-0.2, -0.15) is 0 Å². The van der Waals surface area contributed by atoms with E-state index < -0.39 is 0 Å². The van der Waals surface area contributed by atoms with E-state index in [1.54, 1.807) is 6.26 Å². The Morgan fingerprint density at radius 3 is 3.04 bits per heavy atom. The molecule has 3 heterocycles. The molecule has 1 atom stereocenters. The van der Waals surface area contributed by atoms with Crippen LogP contribution in [0.15, 0.2) is 35.2 Å². The first-order valence-electron chi connectivity index (χ1n) is 9.31. The van der Waals surface area contributed by atoms with Crippen LogP contribution in [-0.2, 0) is 6.54 Å². The summed E-state index contributed by atoms with van der Waals surface area (Å²) in [5.41, 5.74) is 0. The van der Waals surface area contributed by atoms with Crippen LogP contribution in [0.1, 0.15) is 56.2 Å². The number of hydrogen-bond donors (Lipinski definition) is 1. The largest absolute Gasteiger partial charge is 0.467 e. The summed E-state index contributed by atoms with van der Waals surface area (Å²) >= 11 is 0. The number of urea groups is 1. The predicted octanol–water partition coefficient (Wildman–Crippen LogP) is 3.89. The Kier molecular flexibility index (Phi) is 6.14. The first kappa shape index (κ1) is 17.6. The molecule has 0 unspecified atom stereocenters. The van der Waals surface area contributed by atoms with Gasteiger partial charge in [0.25, 0.3) is 0 Å². The van der Waals surface area contributed by atoms with Gasteiger partial charge in [0.15, 0.2) is 0 Å². The van der Waals surface area contributed by atoms with Crippen molar-refractivity contribution in [3.8, 4) is 0 Å². The van der Waals surface area contributed by atoms with Crippen LogP contribution in [0.4, 0.5) is 4.79 Å². The fourth-order valence-electron chi connectivity index (χ4n) is 3.47. The monoisotopic (exact) mass is 344 g/mol. The molecule has 0 bridgehead atoms. The van der Waals surface area contributed by atoms with E-state index in [0.717, 1.165) is 56.8 Å². The van der Waals surface area contributed by atoms with Crippen LogP contribution < -0.4 is 5.32 Å². The minimum Gasteiger partial charge on any atom is -0.467 e. The second-order valence-corrected chi connectivity index (χ2v) is 6.68. The van der Waals surface area contributed by atoms with Crippen molar-refractivity contribution >= 4 is 6.03 Å². The molecule has 1 aliphatic rings. The van der Waals surface area contributed by atoms with E-state index in [2.05, 4.69) is 14.9 Å². The molecule has 1 saturated heterocycles. The zero-order valence-corrected chi connectivity index (χ0v) is 15.0. The fraction of sp³-hybridized carbons (Fsp3) is 0.579. The highest BCUT2D eigenvalue weighted by atomic mass is 16.3. The van der Waals surface area contributed by atoms with Crippen LogP contribution in [0.5, 0.6) is 0 Å². The average Bonchev–Trinajstić information content (AvgIpc) is 3.21. The second kappa shape index (κ2) is 8.74. The van der Waals surface area contributed by atoms with Crippen LogP contribution in [0.3, 0.4) is 0 Å². The normalized spacial score (nSPS) is 18.1. The molecule has 1 N–H and O–H groups in total.